The van der Waals surface area contributed by atoms with Gasteiger partial charge in [-0.25, -0.2) is 0 Å². The summed E-state index contributed by atoms with van der Waals surface area (Å²) in [6.45, 7) is 3.25. The molecule has 0 aromatic heterocycles. The van der Waals surface area contributed by atoms with E-state index in [4.69, 9.17) is 0 Å². The van der Waals surface area contributed by atoms with Gasteiger partial charge in [-0.3, -0.25) is 10.1 Å². The van der Waals surface area contributed by atoms with Crippen molar-refractivity contribution < 1.29 is 4.92 Å². The van der Waals surface area contributed by atoms with Gasteiger partial charge in [0.2, 0.25) is 0 Å². The van der Waals surface area contributed by atoms with Gasteiger partial charge in [-0.2, -0.15) is 0 Å². The third-order valence-corrected chi connectivity index (χ3v) is 3.99. The molecule has 0 spiro atoms. The number of rotatable bonds is 5. The molecule has 0 bridgehead atoms. The summed E-state index contributed by atoms with van der Waals surface area (Å²) in [6.07, 6.45) is 3.55. The number of nitrogens with zero attached hydrogens (tertiary/aromatic N) is 1. The number of halogens is 1. The molecular formula is C13H18BrN3O2. The normalized spacial score (nSPS) is 20.2. The zero-order valence-corrected chi connectivity index (χ0v) is 12.4. The van der Waals surface area contributed by atoms with Gasteiger partial charge in [0.15, 0.2) is 0 Å². The molecule has 2 N–H and O–H groups in total. The number of nitrogens with one attached hydrogen (secondary N) is 2. The van der Waals surface area contributed by atoms with E-state index in [-0.39, 0.29) is 10.6 Å². The molecule has 0 radical (unpaired) electrons. The van der Waals surface area contributed by atoms with Crippen LogP contribution in [0.2, 0.25) is 0 Å². The minimum absolute atomic E-state index is 0.0932. The number of hydrogen-bond donors (Lipinski definition) is 2. The number of nitro groups is 1. The molecule has 1 heterocycles. The highest BCUT2D eigenvalue weighted by atomic mass is 79.9. The lowest BCUT2D eigenvalue weighted by Crippen LogP contribution is -2.29. The van der Waals surface area contributed by atoms with Crippen molar-refractivity contribution >= 4 is 27.3 Å². The fourth-order valence-corrected chi connectivity index (χ4v) is 3.00. The Labute approximate surface area is 121 Å². The highest BCUT2D eigenvalue weighted by Crippen LogP contribution is 2.28. The Morgan fingerprint density at radius 3 is 3.00 bits per heavy atom. The zero-order chi connectivity index (χ0) is 13.8. The number of benzene rings is 1. The fraction of sp³-hybridized carbons (Fsp3) is 0.538. The highest BCUT2D eigenvalue weighted by molar-refractivity contribution is 9.10. The molecule has 2 unspecified atom stereocenters. The topological polar surface area (TPSA) is 67.2 Å². The van der Waals surface area contributed by atoms with E-state index < -0.39 is 0 Å². The summed E-state index contributed by atoms with van der Waals surface area (Å²) in [7, 11) is 0. The number of nitro benzene ring substituents is 1. The third-order valence-electron chi connectivity index (χ3n) is 3.36. The van der Waals surface area contributed by atoms with Gasteiger partial charge in [0.1, 0.15) is 0 Å². The summed E-state index contributed by atoms with van der Waals surface area (Å²) >= 11 is 3.23. The SMILES string of the molecule is CC(CC1CCCN1)Nc1ccc([N+](=O)[O-])c(Br)c1. The molecular weight excluding hydrogens is 310 g/mol. The largest absolute Gasteiger partial charge is 0.382 e. The van der Waals surface area contributed by atoms with Crippen molar-refractivity contribution in [3.8, 4) is 0 Å². The maximum absolute atomic E-state index is 10.7. The first-order chi connectivity index (χ1) is 9.06. The third kappa shape index (κ3) is 3.91. The van der Waals surface area contributed by atoms with Crippen molar-refractivity contribution in [2.75, 3.05) is 11.9 Å². The first-order valence-corrected chi connectivity index (χ1v) is 7.29. The molecule has 1 aliphatic rings. The predicted octanol–water partition coefficient (Wildman–Crippen LogP) is 3.30. The molecule has 1 aliphatic heterocycles. The predicted molar refractivity (Wildman–Crippen MR) is 79.5 cm³/mol. The quantitative estimate of drug-likeness (QED) is 0.643. The molecule has 1 aromatic rings. The molecule has 0 amide bonds. The first-order valence-electron chi connectivity index (χ1n) is 6.50. The second-order valence-corrected chi connectivity index (χ2v) is 5.85. The molecule has 104 valence electrons. The first kappa shape index (κ1) is 14.3. The Kier molecular flexibility index (Phi) is 4.76. The van der Waals surface area contributed by atoms with Gasteiger partial charge in [0.05, 0.1) is 9.40 Å². The summed E-state index contributed by atoms with van der Waals surface area (Å²) in [5, 5.41) is 17.6. The molecule has 0 aliphatic carbocycles. The van der Waals surface area contributed by atoms with Crippen LogP contribution in [0.4, 0.5) is 11.4 Å². The van der Waals surface area contributed by atoms with E-state index in [1.54, 1.807) is 12.1 Å². The fourth-order valence-electron chi connectivity index (χ4n) is 2.47. The lowest BCUT2D eigenvalue weighted by atomic mass is 10.1. The van der Waals surface area contributed by atoms with E-state index >= 15 is 0 Å². The second kappa shape index (κ2) is 6.34. The maximum atomic E-state index is 10.7. The van der Waals surface area contributed by atoms with Crippen LogP contribution in [-0.2, 0) is 0 Å². The number of hydrogen-bond acceptors (Lipinski definition) is 4. The molecule has 1 aromatic carbocycles. The van der Waals surface area contributed by atoms with Crippen LogP contribution in [0.5, 0.6) is 0 Å². The smallest absolute Gasteiger partial charge is 0.283 e. The van der Waals surface area contributed by atoms with Crippen LogP contribution in [0, 0.1) is 10.1 Å². The highest BCUT2D eigenvalue weighted by Gasteiger charge is 2.17. The van der Waals surface area contributed by atoms with Crippen molar-refractivity contribution in [3.63, 3.8) is 0 Å². The van der Waals surface area contributed by atoms with Crippen molar-refractivity contribution in [1.29, 1.82) is 0 Å². The summed E-state index contributed by atoms with van der Waals surface area (Å²) in [5.41, 5.74) is 0.999. The molecule has 6 heteroatoms. The molecule has 2 rings (SSSR count). The monoisotopic (exact) mass is 327 g/mol. The Morgan fingerprint density at radius 2 is 2.42 bits per heavy atom. The number of anilines is 1. The van der Waals surface area contributed by atoms with Crippen molar-refractivity contribution in [2.24, 2.45) is 0 Å². The van der Waals surface area contributed by atoms with Crippen LogP contribution < -0.4 is 10.6 Å². The lowest BCUT2D eigenvalue weighted by molar-refractivity contribution is -0.385. The average molecular weight is 328 g/mol. The summed E-state index contributed by atoms with van der Waals surface area (Å²) in [4.78, 5) is 10.3. The second-order valence-electron chi connectivity index (χ2n) is 5.00. The van der Waals surface area contributed by atoms with E-state index in [1.165, 1.54) is 18.9 Å². The molecule has 1 fully saturated rings. The van der Waals surface area contributed by atoms with Gasteiger partial charge in [0.25, 0.3) is 5.69 Å². The molecule has 1 saturated heterocycles. The Morgan fingerprint density at radius 1 is 1.63 bits per heavy atom. The van der Waals surface area contributed by atoms with Gasteiger partial charge in [-0.15, -0.1) is 0 Å². The van der Waals surface area contributed by atoms with Crippen LogP contribution in [0.15, 0.2) is 22.7 Å². The zero-order valence-electron chi connectivity index (χ0n) is 10.9. The van der Waals surface area contributed by atoms with Gasteiger partial charge >= 0.3 is 0 Å². The Balaban J connectivity index is 1.94. The summed E-state index contributed by atoms with van der Waals surface area (Å²) < 4.78 is 0.508. The molecule has 5 nitrogen and oxygen atoms in total. The van der Waals surface area contributed by atoms with Gasteiger partial charge in [-0.1, -0.05) is 0 Å². The minimum Gasteiger partial charge on any atom is -0.382 e. The Hall–Kier alpha value is -1.14. The summed E-state index contributed by atoms with van der Waals surface area (Å²) in [6, 6.07) is 5.96. The van der Waals surface area contributed by atoms with E-state index in [0.717, 1.165) is 18.7 Å². The minimum atomic E-state index is -0.389. The summed E-state index contributed by atoms with van der Waals surface area (Å²) in [5.74, 6) is 0. The van der Waals surface area contributed by atoms with E-state index in [9.17, 15) is 10.1 Å². The van der Waals surface area contributed by atoms with Crippen molar-refractivity contribution in [1.82, 2.24) is 5.32 Å². The lowest BCUT2D eigenvalue weighted by Gasteiger charge is -2.19. The van der Waals surface area contributed by atoms with Crippen LogP contribution in [0.25, 0.3) is 0 Å². The standard InChI is InChI=1S/C13H18BrN3O2/c1-9(7-10-3-2-6-15-10)16-11-4-5-13(17(18)19)12(14)8-11/h4-5,8-10,15-16H,2-3,6-7H2,1H3. The molecule has 2 atom stereocenters. The van der Waals surface area contributed by atoms with Crippen LogP contribution in [0.1, 0.15) is 26.2 Å². The van der Waals surface area contributed by atoms with Crippen molar-refractivity contribution in [2.45, 2.75) is 38.3 Å². The Bertz CT molecular complexity index is 461. The molecule has 0 saturated carbocycles. The van der Waals surface area contributed by atoms with E-state index in [0.29, 0.717) is 16.6 Å². The van der Waals surface area contributed by atoms with E-state index in [2.05, 4.69) is 33.5 Å². The van der Waals surface area contributed by atoms with Gasteiger partial charge in [0, 0.05) is 23.8 Å². The van der Waals surface area contributed by atoms with Crippen LogP contribution in [-0.4, -0.2) is 23.6 Å². The maximum Gasteiger partial charge on any atom is 0.283 e. The van der Waals surface area contributed by atoms with Gasteiger partial charge in [-0.05, 0) is 60.8 Å². The van der Waals surface area contributed by atoms with E-state index in [1.807, 2.05) is 0 Å². The van der Waals surface area contributed by atoms with Crippen LogP contribution >= 0.6 is 15.9 Å². The van der Waals surface area contributed by atoms with Crippen molar-refractivity contribution in [3.05, 3.63) is 32.8 Å². The molecule has 19 heavy (non-hydrogen) atoms. The average Bonchev–Trinajstić information content (AvgIpc) is 2.81. The van der Waals surface area contributed by atoms with Crippen LogP contribution in [0.3, 0.4) is 0 Å². The van der Waals surface area contributed by atoms with Gasteiger partial charge < -0.3 is 10.6 Å².